The molecule has 0 aliphatic carbocycles. The molecular formula is C6H4F3N3. The van der Waals surface area contributed by atoms with Crippen molar-refractivity contribution in [3.63, 3.8) is 0 Å². The Bertz CT molecular complexity index is 369. The highest BCUT2D eigenvalue weighted by Gasteiger charge is 2.32. The molecule has 2 aromatic heterocycles. The molecule has 3 nitrogen and oxygen atoms in total. The number of aromatic amines is 1. The second-order valence-electron chi connectivity index (χ2n) is 2.32. The molecule has 0 atom stereocenters. The Morgan fingerprint density at radius 1 is 1.42 bits per heavy atom. The predicted octanol–water partition coefficient (Wildman–Crippen LogP) is 1.68. The lowest BCUT2D eigenvalue weighted by Crippen LogP contribution is -2.05. The summed E-state index contributed by atoms with van der Waals surface area (Å²) in [5.41, 5.74) is -0.520. The lowest BCUT2D eigenvalue weighted by molar-refractivity contribution is -0.141. The molecule has 0 amide bonds. The Balaban J connectivity index is 2.59. The zero-order valence-corrected chi connectivity index (χ0v) is 5.76. The van der Waals surface area contributed by atoms with Crippen molar-refractivity contribution in [2.75, 3.05) is 0 Å². The van der Waals surface area contributed by atoms with Gasteiger partial charge in [0.25, 0.3) is 0 Å². The molecule has 2 aromatic rings. The third-order valence-electron chi connectivity index (χ3n) is 1.49. The van der Waals surface area contributed by atoms with Gasteiger partial charge in [0.2, 0.25) is 0 Å². The standard InChI is InChI=1S/C6H4F3N3/c7-6(8,9)4-3-5-10-1-2-12(5)11-4/h1-3,11H. The van der Waals surface area contributed by atoms with Gasteiger partial charge in [0.1, 0.15) is 5.69 Å². The van der Waals surface area contributed by atoms with Crippen LogP contribution in [0.3, 0.4) is 0 Å². The van der Waals surface area contributed by atoms with Gasteiger partial charge in [0.05, 0.1) is 0 Å². The fraction of sp³-hybridized carbons (Fsp3) is 0.167. The van der Waals surface area contributed by atoms with Crippen molar-refractivity contribution in [2.24, 2.45) is 0 Å². The van der Waals surface area contributed by atoms with Crippen LogP contribution in [0.5, 0.6) is 0 Å². The molecule has 0 fully saturated rings. The van der Waals surface area contributed by atoms with Gasteiger partial charge in [0, 0.05) is 18.5 Å². The van der Waals surface area contributed by atoms with Crippen LogP contribution in [0, 0.1) is 0 Å². The molecule has 0 aliphatic heterocycles. The van der Waals surface area contributed by atoms with Crippen LogP contribution in [0.25, 0.3) is 5.65 Å². The molecular weight excluding hydrogens is 171 g/mol. The van der Waals surface area contributed by atoms with Crippen LogP contribution in [0.4, 0.5) is 13.2 Å². The van der Waals surface area contributed by atoms with Crippen LogP contribution in [-0.4, -0.2) is 14.6 Å². The number of hydrogen-bond donors (Lipinski definition) is 1. The third-order valence-corrected chi connectivity index (χ3v) is 1.49. The molecule has 1 N–H and O–H groups in total. The SMILES string of the molecule is FC(F)(F)c1cc2nccn2[nH]1. The first-order valence-electron chi connectivity index (χ1n) is 3.16. The summed E-state index contributed by atoms with van der Waals surface area (Å²) in [7, 11) is 0. The van der Waals surface area contributed by atoms with Crippen LogP contribution in [0.2, 0.25) is 0 Å². The Morgan fingerprint density at radius 3 is 2.75 bits per heavy atom. The van der Waals surface area contributed by atoms with Crippen LogP contribution >= 0.6 is 0 Å². The van der Waals surface area contributed by atoms with Gasteiger partial charge in [-0.15, -0.1) is 0 Å². The van der Waals surface area contributed by atoms with Crippen LogP contribution in [0.1, 0.15) is 5.69 Å². The molecule has 64 valence electrons. The lowest BCUT2D eigenvalue weighted by Gasteiger charge is -2.00. The number of imidazole rings is 1. The fourth-order valence-corrected chi connectivity index (χ4v) is 0.953. The summed E-state index contributed by atoms with van der Waals surface area (Å²) >= 11 is 0. The van der Waals surface area contributed by atoms with Crippen molar-refractivity contribution in [3.8, 4) is 0 Å². The predicted molar refractivity (Wildman–Crippen MR) is 34.5 cm³/mol. The second kappa shape index (κ2) is 2.02. The lowest BCUT2D eigenvalue weighted by atomic mass is 10.4. The van der Waals surface area contributed by atoms with E-state index in [2.05, 4.69) is 10.1 Å². The molecule has 2 heterocycles. The van der Waals surface area contributed by atoms with Crippen molar-refractivity contribution < 1.29 is 13.2 Å². The molecule has 0 bridgehead atoms. The van der Waals surface area contributed by atoms with Gasteiger partial charge in [-0.3, -0.25) is 5.10 Å². The first-order chi connectivity index (χ1) is 5.57. The van der Waals surface area contributed by atoms with Gasteiger partial charge in [-0.1, -0.05) is 0 Å². The van der Waals surface area contributed by atoms with Crippen molar-refractivity contribution >= 4 is 5.65 Å². The second-order valence-corrected chi connectivity index (χ2v) is 2.32. The van der Waals surface area contributed by atoms with E-state index in [1.165, 1.54) is 16.9 Å². The highest BCUT2D eigenvalue weighted by atomic mass is 19.4. The molecule has 0 saturated heterocycles. The number of rotatable bonds is 0. The minimum absolute atomic E-state index is 0.266. The van der Waals surface area contributed by atoms with E-state index >= 15 is 0 Å². The van der Waals surface area contributed by atoms with Crippen molar-refractivity contribution in [1.29, 1.82) is 0 Å². The Hall–Kier alpha value is -1.46. The number of alkyl halides is 3. The smallest absolute Gasteiger partial charge is 0.288 e. The highest BCUT2D eigenvalue weighted by Crippen LogP contribution is 2.28. The molecule has 0 aliphatic rings. The average Bonchev–Trinajstić information content (AvgIpc) is 2.37. The number of nitrogens with one attached hydrogen (secondary N) is 1. The van der Waals surface area contributed by atoms with E-state index in [-0.39, 0.29) is 5.65 Å². The molecule has 0 spiro atoms. The van der Waals surface area contributed by atoms with Crippen molar-refractivity contribution in [2.45, 2.75) is 6.18 Å². The summed E-state index contributed by atoms with van der Waals surface area (Å²) in [6.45, 7) is 0. The monoisotopic (exact) mass is 175 g/mol. The highest BCUT2D eigenvalue weighted by molar-refractivity contribution is 5.39. The number of H-pyrrole nitrogens is 1. The average molecular weight is 175 g/mol. The molecule has 0 unspecified atom stereocenters. The number of halogens is 3. The van der Waals surface area contributed by atoms with Gasteiger partial charge < -0.3 is 0 Å². The van der Waals surface area contributed by atoms with E-state index in [0.29, 0.717) is 0 Å². The molecule has 2 rings (SSSR count). The summed E-state index contributed by atoms with van der Waals surface area (Å²) in [6, 6.07) is 0.958. The van der Waals surface area contributed by atoms with Crippen molar-refractivity contribution in [1.82, 2.24) is 14.6 Å². The summed E-state index contributed by atoms with van der Waals surface area (Å²) < 4.78 is 37.3. The summed E-state index contributed by atoms with van der Waals surface area (Å²) in [6.07, 6.45) is -1.49. The van der Waals surface area contributed by atoms with Gasteiger partial charge in [-0.25, -0.2) is 9.50 Å². The van der Waals surface area contributed by atoms with Crippen LogP contribution in [-0.2, 0) is 6.18 Å². The van der Waals surface area contributed by atoms with Crippen LogP contribution < -0.4 is 0 Å². The maximum absolute atomic E-state index is 12.0. The topological polar surface area (TPSA) is 33.1 Å². The number of hydrogen-bond acceptors (Lipinski definition) is 1. The molecule has 6 heteroatoms. The van der Waals surface area contributed by atoms with E-state index in [9.17, 15) is 13.2 Å². The molecule has 0 radical (unpaired) electrons. The third kappa shape index (κ3) is 0.956. The number of nitrogens with zero attached hydrogens (tertiary/aromatic N) is 2. The van der Waals surface area contributed by atoms with Gasteiger partial charge in [0.15, 0.2) is 5.65 Å². The summed E-state index contributed by atoms with van der Waals surface area (Å²) in [5, 5.41) is 2.14. The minimum Gasteiger partial charge on any atom is -0.288 e. The van der Waals surface area contributed by atoms with Crippen LogP contribution in [0.15, 0.2) is 18.5 Å². The maximum atomic E-state index is 12.0. The quantitative estimate of drug-likeness (QED) is 0.649. The zero-order valence-electron chi connectivity index (χ0n) is 5.76. The number of fused-ring (bicyclic) bond motifs is 1. The molecule has 0 aromatic carbocycles. The minimum atomic E-state index is -4.33. The van der Waals surface area contributed by atoms with Gasteiger partial charge in [-0.05, 0) is 0 Å². The summed E-state index contributed by atoms with van der Waals surface area (Å²) in [4.78, 5) is 3.68. The normalized spacial score (nSPS) is 12.6. The van der Waals surface area contributed by atoms with E-state index in [4.69, 9.17) is 0 Å². The Morgan fingerprint density at radius 2 is 2.17 bits per heavy atom. The largest absolute Gasteiger partial charge is 0.432 e. The number of aromatic nitrogens is 3. The van der Waals surface area contributed by atoms with Crippen molar-refractivity contribution in [3.05, 3.63) is 24.2 Å². The molecule has 12 heavy (non-hydrogen) atoms. The summed E-state index contributed by atoms with van der Waals surface area (Å²) in [5.74, 6) is 0. The van der Waals surface area contributed by atoms with Gasteiger partial charge >= 0.3 is 6.18 Å². The first kappa shape index (κ1) is 7.20. The fourth-order valence-electron chi connectivity index (χ4n) is 0.953. The van der Waals surface area contributed by atoms with E-state index in [1.807, 2.05) is 0 Å². The first-order valence-corrected chi connectivity index (χ1v) is 3.16. The zero-order chi connectivity index (χ0) is 8.77. The Labute approximate surface area is 64.8 Å². The molecule has 0 saturated carbocycles. The van der Waals surface area contributed by atoms with E-state index in [1.54, 1.807) is 0 Å². The maximum Gasteiger partial charge on any atom is 0.432 e. The Kier molecular flexibility index (Phi) is 1.22. The van der Waals surface area contributed by atoms with E-state index < -0.39 is 11.9 Å². The van der Waals surface area contributed by atoms with E-state index in [0.717, 1.165) is 6.07 Å². The van der Waals surface area contributed by atoms with Gasteiger partial charge in [-0.2, -0.15) is 13.2 Å².